The van der Waals surface area contributed by atoms with E-state index in [0.717, 1.165) is 12.2 Å². The largest absolute Gasteiger partial charge is 0.456 e. The van der Waals surface area contributed by atoms with Crippen LogP contribution in [0.25, 0.3) is 0 Å². The van der Waals surface area contributed by atoms with Crippen LogP contribution < -0.4 is 5.32 Å². The Labute approximate surface area is 153 Å². The molecule has 3 aliphatic carbocycles. The monoisotopic (exact) mass is 343 g/mol. The van der Waals surface area contributed by atoms with Crippen LogP contribution in [-0.2, 0) is 0 Å². The number of carbonyl (C=O) groups excluding carboxylic acids is 1. The standard InChI is InChI=1S/C23H21NO2/c1-14-10-11-21(26-14)23(25)24-13-15-12-20-16-6-2-4-8-18(16)22(15)19-9-5-3-7-17(19)20/h2-11,15,20,22H,12-13H2,1H3,(H,24,25). The minimum Gasteiger partial charge on any atom is -0.456 e. The van der Waals surface area contributed by atoms with Gasteiger partial charge in [-0.1, -0.05) is 48.5 Å². The number of carbonyl (C=O) groups is 1. The maximum Gasteiger partial charge on any atom is 0.287 e. The molecule has 1 aromatic heterocycles. The van der Waals surface area contributed by atoms with E-state index in [0.29, 0.717) is 30.1 Å². The van der Waals surface area contributed by atoms with Crippen molar-refractivity contribution in [1.29, 1.82) is 0 Å². The van der Waals surface area contributed by atoms with Gasteiger partial charge in [-0.3, -0.25) is 4.79 Å². The lowest BCUT2D eigenvalue weighted by Crippen LogP contribution is -2.39. The molecule has 0 saturated carbocycles. The molecule has 3 aliphatic rings. The number of hydrogen-bond donors (Lipinski definition) is 1. The Bertz CT molecular complexity index is 940. The Morgan fingerprint density at radius 1 is 0.962 bits per heavy atom. The molecule has 130 valence electrons. The smallest absolute Gasteiger partial charge is 0.287 e. The lowest BCUT2D eigenvalue weighted by molar-refractivity contribution is 0.0914. The summed E-state index contributed by atoms with van der Waals surface area (Å²) in [6.07, 6.45) is 1.08. The number of benzene rings is 2. The van der Waals surface area contributed by atoms with Gasteiger partial charge in [-0.25, -0.2) is 0 Å². The maximum atomic E-state index is 12.4. The third kappa shape index (κ3) is 2.31. The molecule has 1 atom stereocenters. The van der Waals surface area contributed by atoms with Gasteiger partial charge >= 0.3 is 0 Å². The SMILES string of the molecule is Cc1ccc(C(=O)NCC2CC3c4ccccc4C2c2ccccc23)o1. The van der Waals surface area contributed by atoms with Crippen LogP contribution in [0.4, 0.5) is 0 Å². The molecule has 3 nitrogen and oxygen atoms in total. The number of rotatable bonds is 3. The van der Waals surface area contributed by atoms with Gasteiger partial charge in [0.05, 0.1) is 0 Å². The minimum atomic E-state index is -0.124. The van der Waals surface area contributed by atoms with E-state index in [1.165, 1.54) is 22.3 Å². The van der Waals surface area contributed by atoms with Crippen molar-refractivity contribution < 1.29 is 9.21 Å². The Hall–Kier alpha value is -2.81. The van der Waals surface area contributed by atoms with Crippen LogP contribution in [0.1, 0.15) is 56.8 Å². The van der Waals surface area contributed by atoms with Crippen molar-refractivity contribution in [2.75, 3.05) is 6.54 Å². The molecule has 0 aliphatic heterocycles. The number of fused-ring (bicyclic) bond motifs is 1. The van der Waals surface area contributed by atoms with Crippen LogP contribution in [-0.4, -0.2) is 12.5 Å². The van der Waals surface area contributed by atoms with Crippen molar-refractivity contribution in [1.82, 2.24) is 5.32 Å². The molecule has 2 bridgehead atoms. The summed E-state index contributed by atoms with van der Waals surface area (Å²) in [6, 6.07) is 21.1. The molecule has 0 spiro atoms. The number of amides is 1. The number of hydrogen-bond acceptors (Lipinski definition) is 2. The van der Waals surface area contributed by atoms with Gasteiger partial charge in [-0.05, 0) is 53.6 Å². The summed E-state index contributed by atoms with van der Waals surface area (Å²) in [5.74, 6) is 2.22. The van der Waals surface area contributed by atoms with Crippen LogP contribution in [0.15, 0.2) is 65.1 Å². The molecule has 3 aromatic rings. The maximum absolute atomic E-state index is 12.4. The highest BCUT2D eigenvalue weighted by molar-refractivity contribution is 5.91. The lowest BCUT2D eigenvalue weighted by atomic mass is 9.59. The molecule has 0 fully saturated rings. The molecule has 26 heavy (non-hydrogen) atoms. The second-order valence-corrected chi connectivity index (χ2v) is 7.40. The zero-order valence-corrected chi connectivity index (χ0v) is 14.7. The van der Waals surface area contributed by atoms with Crippen molar-refractivity contribution in [3.63, 3.8) is 0 Å². The van der Waals surface area contributed by atoms with Gasteiger partial charge in [-0.15, -0.1) is 0 Å². The van der Waals surface area contributed by atoms with Crippen LogP contribution in [0.2, 0.25) is 0 Å². The second-order valence-electron chi connectivity index (χ2n) is 7.40. The summed E-state index contributed by atoms with van der Waals surface area (Å²) in [5, 5.41) is 3.10. The summed E-state index contributed by atoms with van der Waals surface area (Å²) in [4.78, 5) is 12.4. The topological polar surface area (TPSA) is 42.2 Å². The van der Waals surface area contributed by atoms with Gasteiger partial charge in [0.25, 0.3) is 5.91 Å². The number of aryl methyl sites for hydroxylation is 1. The minimum absolute atomic E-state index is 0.124. The molecule has 0 radical (unpaired) electrons. The van der Waals surface area contributed by atoms with Gasteiger partial charge < -0.3 is 9.73 Å². The van der Waals surface area contributed by atoms with Crippen molar-refractivity contribution in [3.8, 4) is 0 Å². The summed E-state index contributed by atoms with van der Waals surface area (Å²) in [5.41, 5.74) is 5.77. The first-order valence-electron chi connectivity index (χ1n) is 9.24. The highest BCUT2D eigenvalue weighted by Crippen LogP contribution is 2.55. The predicted molar refractivity (Wildman–Crippen MR) is 100 cm³/mol. The molecule has 0 saturated heterocycles. The van der Waals surface area contributed by atoms with Crippen LogP contribution in [0.5, 0.6) is 0 Å². The highest BCUT2D eigenvalue weighted by atomic mass is 16.3. The lowest BCUT2D eigenvalue weighted by Gasteiger charge is -2.45. The van der Waals surface area contributed by atoms with Crippen LogP contribution >= 0.6 is 0 Å². The number of furan rings is 1. The average Bonchev–Trinajstić information content (AvgIpc) is 3.13. The molecule has 1 N–H and O–H groups in total. The van der Waals surface area contributed by atoms with Gasteiger partial charge in [0.1, 0.15) is 5.76 Å². The van der Waals surface area contributed by atoms with Gasteiger partial charge in [0.15, 0.2) is 5.76 Å². The molecular weight excluding hydrogens is 322 g/mol. The fourth-order valence-corrected chi connectivity index (χ4v) is 4.83. The fraction of sp³-hybridized carbons (Fsp3) is 0.261. The number of nitrogens with one attached hydrogen (secondary N) is 1. The molecule has 1 unspecified atom stereocenters. The van der Waals surface area contributed by atoms with E-state index in [1.54, 1.807) is 6.07 Å². The summed E-state index contributed by atoms with van der Waals surface area (Å²) < 4.78 is 5.45. The van der Waals surface area contributed by atoms with E-state index in [-0.39, 0.29) is 5.91 Å². The normalized spacial score (nSPS) is 22.6. The summed E-state index contributed by atoms with van der Waals surface area (Å²) in [6.45, 7) is 2.52. The molecule has 1 amide bonds. The zero-order chi connectivity index (χ0) is 17.7. The second kappa shape index (κ2) is 5.87. The first kappa shape index (κ1) is 15.4. The molecule has 3 heteroatoms. The Balaban J connectivity index is 1.44. The first-order chi connectivity index (χ1) is 12.7. The van der Waals surface area contributed by atoms with E-state index in [1.807, 2.05) is 13.0 Å². The fourth-order valence-electron chi connectivity index (χ4n) is 4.83. The van der Waals surface area contributed by atoms with E-state index in [9.17, 15) is 4.79 Å². The molecule has 2 aromatic carbocycles. The third-order valence-corrected chi connectivity index (χ3v) is 5.91. The van der Waals surface area contributed by atoms with Gasteiger partial charge in [-0.2, -0.15) is 0 Å². The summed E-state index contributed by atoms with van der Waals surface area (Å²) >= 11 is 0. The molecule has 1 heterocycles. The molecular formula is C23H21NO2. The average molecular weight is 343 g/mol. The highest BCUT2D eigenvalue weighted by Gasteiger charge is 2.42. The third-order valence-electron chi connectivity index (χ3n) is 5.91. The molecule has 6 rings (SSSR count). The van der Waals surface area contributed by atoms with Gasteiger partial charge in [0, 0.05) is 18.4 Å². The van der Waals surface area contributed by atoms with Crippen molar-refractivity contribution in [3.05, 3.63) is 94.4 Å². The predicted octanol–water partition coefficient (Wildman–Crippen LogP) is 4.62. The first-order valence-corrected chi connectivity index (χ1v) is 9.24. The van der Waals surface area contributed by atoms with Gasteiger partial charge in [0.2, 0.25) is 0 Å². The van der Waals surface area contributed by atoms with Crippen molar-refractivity contribution >= 4 is 5.91 Å². The summed E-state index contributed by atoms with van der Waals surface area (Å²) in [7, 11) is 0. The Morgan fingerprint density at radius 2 is 1.58 bits per heavy atom. The Morgan fingerprint density at radius 3 is 2.15 bits per heavy atom. The quantitative estimate of drug-likeness (QED) is 0.754. The van der Waals surface area contributed by atoms with Crippen LogP contribution in [0.3, 0.4) is 0 Å². The van der Waals surface area contributed by atoms with E-state index in [2.05, 4.69) is 53.8 Å². The van der Waals surface area contributed by atoms with Crippen molar-refractivity contribution in [2.45, 2.75) is 25.2 Å². The zero-order valence-electron chi connectivity index (χ0n) is 14.7. The van der Waals surface area contributed by atoms with E-state index < -0.39 is 0 Å². The van der Waals surface area contributed by atoms with E-state index in [4.69, 9.17) is 4.42 Å². The van der Waals surface area contributed by atoms with E-state index >= 15 is 0 Å². The van der Waals surface area contributed by atoms with Crippen molar-refractivity contribution in [2.24, 2.45) is 5.92 Å². The Kier molecular flexibility index (Phi) is 3.49. The van der Waals surface area contributed by atoms with Crippen LogP contribution in [0, 0.1) is 12.8 Å².